The van der Waals surface area contributed by atoms with Crippen molar-refractivity contribution in [1.82, 2.24) is 0 Å². The Morgan fingerprint density at radius 3 is 2.19 bits per heavy atom. The number of para-hydroxylation sites is 2. The summed E-state index contributed by atoms with van der Waals surface area (Å²) in [5.74, 6) is 1.60. The van der Waals surface area contributed by atoms with Gasteiger partial charge in [-0.1, -0.05) is 42.5 Å². The molecule has 0 aromatic heterocycles. The van der Waals surface area contributed by atoms with Gasteiger partial charge < -0.3 is 15.2 Å². The van der Waals surface area contributed by atoms with Crippen LogP contribution < -0.4 is 15.2 Å². The molecule has 0 spiro atoms. The molecule has 0 heterocycles. The third kappa shape index (κ3) is 4.80. The quantitative estimate of drug-likeness (QED) is 0.747. The fraction of sp³-hybridized carbons (Fsp3) is 0.333. The molecule has 0 fully saturated rings. The van der Waals surface area contributed by atoms with E-state index in [1.807, 2.05) is 49.4 Å². The molecule has 2 rings (SSSR count). The first-order chi connectivity index (χ1) is 10.3. The van der Waals surface area contributed by atoms with Crippen LogP contribution in [0, 0.1) is 0 Å². The Balaban J connectivity index is 1.77. The van der Waals surface area contributed by atoms with E-state index in [0.717, 1.165) is 24.3 Å². The smallest absolute Gasteiger partial charge is 0.161 e. The standard InChI is InChI=1S/C18H23NO2/c1-2-20-17-12-6-7-13-18(17)21-14-8-11-16(19)15-9-4-3-5-10-15/h3-7,9-10,12-13,16H,2,8,11,14,19H2,1H3. The van der Waals surface area contributed by atoms with Gasteiger partial charge in [0.1, 0.15) is 0 Å². The molecule has 0 aliphatic rings. The number of hydrogen-bond donors (Lipinski definition) is 1. The second kappa shape index (κ2) is 8.32. The van der Waals surface area contributed by atoms with Crippen LogP contribution >= 0.6 is 0 Å². The Hall–Kier alpha value is -2.00. The van der Waals surface area contributed by atoms with Crippen molar-refractivity contribution in [2.45, 2.75) is 25.8 Å². The maximum absolute atomic E-state index is 6.17. The fourth-order valence-electron chi connectivity index (χ4n) is 2.20. The van der Waals surface area contributed by atoms with Gasteiger partial charge in [-0.2, -0.15) is 0 Å². The summed E-state index contributed by atoms with van der Waals surface area (Å²) >= 11 is 0. The number of rotatable bonds is 8. The van der Waals surface area contributed by atoms with Gasteiger partial charge in [0.15, 0.2) is 11.5 Å². The number of hydrogen-bond acceptors (Lipinski definition) is 3. The first-order valence-corrected chi connectivity index (χ1v) is 7.46. The molecule has 1 atom stereocenters. The molecule has 2 N–H and O–H groups in total. The molecule has 112 valence electrons. The normalized spacial score (nSPS) is 11.9. The molecule has 0 saturated heterocycles. The summed E-state index contributed by atoms with van der Waals surface area (Å²) in [7, 11) is 0. The molecule has 1 unspecified atom stereocenters. The Morgan fingerprint density at radius 2 is 1.52 bits per heavy atom. The van der Waals surface area contributed by atoms with E-state index in [4.69, 9.17) is 15.2 Å². The Labute approximate surface area is 126 Å². The summed E-state index contributed by atoms with van der Waals surface area (Å²) in [5.41, 5.74) is 7.35. The largest absolute Gasteiger partial charge is 0.490 e. The molecule has 0 radical (unpaired) electrons. The van der Waals surface area contributed by atoms with Gasteiger partial charge in [-0.25, -0.2) is 0 Å². The third-order valence-electron chi connectivity index (χ3n) is 3.29. The average Bonchev–Trinajstić information content (AvgIpc) is 2.54. The highest BCUT2D eigenvalue weighted by atomic mass is 16.5. The van der Waals surface area contributed by atoms with Crippen molar-refractivity contribution < 1.29 is 9.47 Å². The number of benzene rings is 2. The van der Waals surface area contributed by atoms with E-state index in [-0.39, 0.29) is 6.04 Å². The van der Waals surface area contributed by atoms with Crippen molar-refractivity contribution in [1.29, 1.82) is 0 Å². The van der Waals surface area contributed by atoms with Crippen molar-refractivity contribution in [3.05, 3.63) is 60.2 Å². The minimum atomic E-state index is 0.0666. The van der Waals surface area contributed by atoms with Crippen molar-refractivity contribution >= 4 is 0 Å². The lowest BCUT2D eigenvalue weighted by atomic mass is 10.0. The predicted molar refractivity (Wildman–Crippen MR) is 85.7 cm³/mol. The summed E-state index contributed by atoms with van der Waals surface area (Å²) in [6, 6.07) is 18.0. The fourth-order valence-corrected chi connectivity index (χ4v) is 2.20. The Kier molecular flexibility index (Phi) is 6.10. The molecule has 21 heavy (non-hydrogen) atoms. The van der Waals surface area contributed by atoms with Gasteiger partial charge in [0.05, 0.1) is 13.2 Å². The topological polar surface area (TPSA) is 44.5 Å². The van der Waals surface area contributed by atoms with Crippen molar-refractivity contribution in [3.63, 3.8) is 0 Å². The molecule has 2 aromatic carbocycles. The summed E-state index contributed by atoms with van der Waals surface area (Å²) in [5, 5.41) is 0. The number of nitrogens with two attached hydrogens (primary N) is 1. The molecule has 0 saturated carbocycles. The van der Waals surface area contributed by atoms with E-state index in [1.54, 1.807) is 0 Å². The van der Waals surface area contributed by atoms with Crippen LogP contribution in [-0.2, 0) is 0 Å². The van der Waals surface area contributed by atoms with Crippen LogP contribution in [0.5, 0.6) is 11.5 Å². The van der Waals surface area contributed by atoms with Crippen molar-refractivity contribution in [2.24, 2.45) is 5.73 Å². The predicted octanol–water partition coefficient (Wildman–Crippen LogP) is 3.94. The molecule has 0 bridgehead atoms. The highest BCUT2D eigenvalue weighted by molar-refractivity contribution is 5.39. The molecular weight excluding hydrogens is 262 g/mol. The van der Waals surface area contributed by atoms with Gasteiger partial charge in [0, 0.05) is 6.04 Å². The maximum atomic E-state index is 6.17. The van der Waals surface area contributed by atoms with Gasteiger partial charge in [0.25, 0.3) is 0 Å². The molecule has 0 aliphatic heterocycles. The van der Waals surface area contributed by atoms with E-state index in [0.29, 0.717) is 13.2 Å². The highest BCUT2D eigenvalue weighted by Gasteiger charge is 2.06. The zero-order valence-corrected chi connectivity index (χ0v) is 12.5. The second-order valence-electron chi connectivity index (χ2n) is 4.89. The van der Waals surface area contributed by atoms with Gasteiger partial charge in [0.2, 0.25) is 0 Å². The molecule has 0 aliphatic carbocycles. The zero-order valence-electron chi connectivity index (χ0n) is 12.5. The van der Waals surface area contributed by atoms with Crippen molar-refractivity contribution in [3.8, 4) is 11.5 Å². The Morgan fingerprint density at radius 1 is 0.905 bits per heavy atom. The van der Waals surface area contributed by atoms with Crippen LogP contribution in [0.1, 0.15) is 31.4 Å². The van der Waals surface area contributed by atoms with Crippen LogP contribution in [0.2, 0.25) is 0 Å². The molecule has 3 heteroatoms. The zero-order chi connectivity index (χ0) is 14.9. The molecule has 0 amide bonds. The summed E-state index contributed by atoms with van der Waals surface area (Å²) in [6.07, 6.45) is 1.82. The lowest BCUT2D eigenvalue weighted by molar-refractivity contribution is 0.269. The lowest BCUT2D eigenvalue weighted by Crippen LogP contribution is -2.11. The van der Waals surface area contributed by atoms with Crippen molar-refractivity contribution in [2.75, 3.05) is 13.2 Å². The van der Waals surface area contributed by atoms with E-state index >= 15 is 0 Å². The van der Waals surface area contributed by atoms with Gasteiger partial charge in [-0.15, -0.1) is 0 Å². The van der Waals surface area contributed by atoms with Gasteiger partial charge in [-0.3, -0.25) is 0 Å². The lowest BCUT2D eigenvalue weighted by Gasteiger charge is -2.14. The van der Waals surface area contributed by atoms with Crippen LogP contribution in [0.4, 0.5) is 0 Å². The van der Waals surface area contributed by atoms with Crippen LogP contribution in [0.15, 0.2) is 54.6 Å². The SMILES string of the molecule is CCOc1ccccc1OCCCC(N)c1ccccc1. The Bertz CT molecular complexity index is 528. The van der Waals surface area contributed by atoms with Crippen LogP contribution in [0.3, 0.4) is 0 Å². The van der Waals surface area contributed by atoms with E-state index in [1.165, 1.54) is 5.56 Å². The van der Waals surface area contributed by atoms with E-state index in [2.05, 4.69) is 12.1 Å². The third-order valence-corrected chi connectivity index (χ3v) is 3.29. The second-order valence-corrected chi connectivity index (χ2v) is 4.89. The summed E-state index contributed by atoms with van der Waals surface area (Å²) in [6.45, 7) is 3.25. The van der Waals surface area contributed by atoms with Gasteiger partial charge >= 0.3 is 0 Å². The molecule has 3 nitrogen and oxygen atoms in total. The summed E-state index contributed by atoms with van der Waals surface area (Å²) < 4.78 is 11.3. The maximum Gasteiger partial charge on any atom is 0.161 e. The van der Waals surface area contributed by atoms with E-state index in [9.17, 15) is 0 Å². The van der Waals surface area contributed by atoms with E-state index < -0.39 is 0 Å². The molecule has 2 aromatic rings. The van der Waals surface area contributed by atoms with Gasteiger partial charge in [-0.05, 0) is 37.5 Å². The summed E-state index contributed by atoms with van der Waals surface area (Å²) in [4.78, 5) is 0. The van der Waals surface area contributed by atoms with Crippen LogP contribution in [-0.4, -0.2) is 13.2 Å². The highest BCUT2D eigenvalue weighted by Crippen LogP contribution is 2.26. The first-order valence-electron chi connectivity index (χ1n) is 7.46. The molecular formula is C18H23NO2. The monoisotopic (exact) mass is 285 g/mol. The average molecular weight is 285 g/mol. The number of ether oxygens (including phenoxy) is 2. The van der Waals surface area contributed by atoms with Crippen LogP contribution in [0.25, 0.3) is 0 Å². The minimum absolute atomic E-state index is 0.0666. The first kappa shape index (κ1) is 15.4. The minimum Gasteiger partial charge on any atom is -0.490 e.